The van der Waals surface area contributed by atoms with Crippen LogP contribution in [0.5, 0.6) is 0 Å². The van der Waals surface area contributed by atoms with Gasteiger partial charge in [-0.1, -0.05) is 11.6 Å². The maximum Gasteiger partial charge on any atom is 0.274 e. The molecule has 9 heteroatoms. The van der Waals surface area contributed by atoms with Gasteiger partial charge in [-0.2, -0.15) is 0 Å². The quantitative estimate of drug-likeness (QED) is 0.695. The first-order valence-corrected chi connectivity index (χ1v) is 9.86. The van der Waals surface area contributed by atoms with Crippen LogP contribution in [-0.2, 0) is 0 Å². The molecule has 27 heavy (non-hydrogen) atoms. The zero-order valence-corrected chi connectivity index (χ0v) is 16.2. The number of aliphatic hydroxyl groups is 1. The van der Waals surface area contributed by atoms with Crippen LogP contribution < -0.4 is 5.32 Å². The average Bonchev–Trinajstić information content (AvgIpc) is 3.29. The first-order chi connectivity index (χ1) is 13.0. The molecule has 2 N–H and O–H groups in total. The summed E-state index contributed by atoms with van der Waals surface area (Å²) < 4.78 is 0.754. The van der Waals surface area contributed by atoms with Gasteiger partial charge in [-0.25, -0.2) is 9.97 Å². The first kappa shape index (κ1) is 18.1. The number of aliphatic hydroxyl groups excluding tert-OH is 1. The monoisotopic (exact) mass is 403 g/mol. The maximum absolute atomic E-state index is 12.9. The van der Waals surface area contributed by atoms with E-state index in [9.17, 15) is 9.90 Å². The number of hydrogen-bond acceptors (Lipinski definition) is 7. The Balaban J connectivity index is 1.65. The number of anilines is 1. The van der Waals surface area contributed by atoms with Crippen molar-refractivity contribution in [3.8, 4) is 0 Å². The molecule has 1 aliphatic heterocycles. The van der Waals surface area contributed by atoms with Crippen LogP contribution in [0.15, 0.2) is 29.9 Å². The Bertz CT molecular complexity index is 995. The number of β-amino-alcohol motifs (C(OH)–C–C–N with tert-alkyl or cyclic N) is 1. The molecule has 2 atom stereocenters. The Morgan fingerprint density at radius 3 is 3.04 bits per heavy atom. The van der Waals surface area contributed by atoms with Gasteiger partial charge in [0.25, 0.3) is 5.91 Å². The SMILES string of the molecule is CC(Nc1nc(C(=O)N2CCC(O)C2)c2sccc2n1)c1cncc(Cl)c1. The van der Waals surface area contributed by atoms with Crippen LogP contribution in [0.2, 0.25) is 5.02 Å². The molecule has 0 spiro atoms. The van der Waals surface area contributed by atoms with E-state index < -0.39 is 6.10 Å². The van der Waals surface area contributed by atoms with Gasteiger partial charge in [-0.05, 0) is 36.4 Å². The number of carbonyl (C=O) groups is 1. The van der Waals surface area contributed by atoms with Crippen molar-refractivity contribution < 1.29 is 9.90 Å². The van der Waals surface area contributed by atoms with E-state index in [1.54, 1.807) is 17.3 Å². The van der Waals surface area contributed by atoms with Crippen molar-refractivity contribution in [3.63, 3.8) is 0 Å². The van der Waals surface area contributed by atoms with E-state index in [0.29, 0.717) is 36.2 Å². The summed E-state index contributed by atoms with van der Waals surface area (Å²) in [6, 6.07) is 3.56. The molecule has 4 heterocycles. The Morgan fingerprint density at radius 1 is 1.44 bits per heavy atom. The number of aromatic nitrogens is 3. The Hall–Kier alpha value is -2.29. The summed E-state index contributed by atoms with van der Waals surface area (Å²) in [5.41, 5.74) is 1.98. The summed E-state index contributed by atoms with van der Waals surface area (Å²) in [4.78, 5) is 27.7. The van der Waals surface area contributed by atoms with Gasteiger partial charge in [0.15, 0.2) is 5.69 Å². The molecule has 0 saturated carbocycles. The molecule has 0 radical (unpaired) electrons. The number of hydrogen-bond donors (Lipinski definition) is 2. The lowest BCUT2D eigenvalue weighted by Crippen LogP contribution is -2.30. The Morgan fingerprint density at radius 2 is 2.30 bits per heavy atom. The van der Waals surface area contributed by atoms with Crippen molar-refractivity contribution in [3.05, 3.63) is 46.2 Å². The predicted octanol–water partition coefficient (Wildman–Crippen LogP) is 3.12. The van der Waals surface area contributed by atoms with Gasteiger partial charge in [0.05, 0.1) is 27.4 Å². The molecule has 1 amide bonds. The molecule has 1 fully saturated rings. The number of nitrogens with zero attached hydrogens (tertiary/aromatic N) is 4. The van der Waals surface area contributed by atoms with E-state index in [2.05, 4.69) is 20.3 Å². The summed E-state index contributed by atoms with van der Waals surface area (Å²) in [5, 5.41) is 15.4. The van der Waals surface area contributed by atoms with E-state index in [0.717, 1.165) is 15.8 Å². The average molecular weight is 404 g/mol. The van der Waals surface area contributed by atoms with Crippen LogP contribution in [0, 0.1) is 0 Å². The Labute approximate surface area is 165 Å². The highest BCUT2D eigenvalue weighted by atomic mass is 35.5. The summed E-state index contributed by atoms with van der Waals surface area (Å²) in [5.74, 6) is 0.193. The molecule has 0 bridgehead atoms. The van der Waals surface area contributed by atoms with Gasteiger partial charge in [-0.3, -0.25) is 9.78 Å². The second-order valence-corrected chi connectivity index (χ2v) is 7.88. The van der Waals surface area contributed by atoms with E-state index in [4.69, 9.17) is 11.6 Å². The fraction of sp³-hybridized carbons (Fsp3) is 0.333. The number of fused-ring (bicyclic) bond motifs is 1. The molecule has 1 saturated heterocycles. The van der Waals surface area contributed by atoms with Crippen LogP contribution in [0.3, 0.4) is 0 Å². The summed E-state index contributed by atoms with van der Waals surface area (Å²) >= 11 is 7.45. The number of halogens is 1. The number of nitrogens with one attached hydrogen (secondary N) is 1. The molecule has 2 unspecified atom stereocenters. The lowest BCUT2D eigenvalue weighted by molar-refractivity contribution is 0.0761. The zero-order valence-electron chi connectivity index (χ0n) is 14.6. The zero-order chi connectivity index (χ0) is 19.0. The topological polar surface area (TPSA) is 91.2 Å². The van der Waals surface area contributed by atoms with Crippen LogP contribution >= 0.6 is 22.9 Å². The predicted molar refractivity (Wildman–Crippen MR) is 105 cm³/mol. The van der Waals surface area contributed by atoms with Crippen molar-refractivity contribution in [1.29, 1.82) is 0 Å². The van der Waals surface area contributed by atoms with Crippen molar-refractivity contribution in [1.82, 2.24) is 19.9 Å². The third kappa shape index (κ3) is 3.73. The molecular weight excluding hydrogens is 386 g/mol. The number of thiophene rings is 1. The van der Waals surface area contributed by atoms with E-state index >= 15 is 0 Å². The number of pyridine rings is 1. The standard InChI is InChI=1S/C18H18ClN5O2S/c1-10(11-6-12(19)8-20-7-11)21-18-22-14-3-5-27-16(14)15(23-18)17(26)24-4-2-13(25)9-24/h3,5-8,10,13,25H,2,4,9H2,1H3,(H,21,22,23). The fourth-order valence-corrected chi connectivity index (χ4v) is 4.09. The number of likely N-dealkylation sites (tertiary alicyclic amines) is 1. The largest absolute Gasteiger partial charge is 0.391 e. The van der Waals surface area contributed by atoms with Crippen LogP contribution in [-0.4, -0.2) is 50.1 Å². The van der Waals surface area contributed by atoms with Gasteiger partial charge in [-0.15, -0.1) is 11.3 Å². The first-order valence-electron chi connectivity index (χ1n) is 8.61. The molecule has 4 rings (SSSR count). The van der Waals surface area contributed by atoms with Crippen LogP contribution in [0.1, 0.15) is 35.4 Å². The molecule has 7 nitrogen and oxygen atoms in total. The highest BCUT2D eigenvalue weighted by Crippen LogP contribution is 2.27. The van der Waals surface area contributed by atoms with E-state index in [-0.39, 0.29) is 11.9 Å². The van der Waals surface area contributed by atoms with Gasteiger partial charge in [0.1, 0.15) is 0 Å². The van der Waals surface area contributed by atoms with Crippen molar-refractivity contribution >= 4 is 45.0 Å². The summed E-state index contributed by atoms with van der Waals surface area (Å²) in [6.07, 6.45) is 3.42. The van der Waals surface area contributed by atoms with Gasteiger partial charge >= 0.3 is 0 Å². The van der Waals surface area contributed by atoms with Crippen molar-refractivity contribution in [2.45, 2.75) is 25.5 Å². The fourth-order valence-electron chi connectivity index (χ4n) is 3.09. The number of carbonyl (C=O) groups excluding carboxylic acids is 1. The highest BCUT2D eigenvalue weighted by Gasteiger charge is 2.28. The van der Waals surface area contributed by atoms with Crippen LogP contribution in [0.4, 0.5) is 5.95 Å². The van der Waals surface area contributed by atoms with Gasteiger partial charge < -0.3 is 15.3 Å². The number of amides is 1. The number of rotatable bonds is 4. The molecule has 0 aromatic carbocycles. The molecule has 3 aromatic heterocycles. The van der Waals surface area contributed by atoms with E-state index in [1.165, 1.54) is 11.3 Å². The minimum absolute atomic E-state index is 0.135. The normalized spacial score (nSPS) is 18.0. The van der Waals surface area contributed by atoms with Crippen molar-refractivity contribution in [2.75, 3.05) is 18.4 Å². The maximum atomic E-state index is 12.9. The Kier molecular flexibility index (Phi) is 4.94. The minimum Gasteiger partial charge on any atom is -0.391 e. The van der Waals surface area contributed by atoms with Gasteiger partial charge in [0.2, 0.25) is 5.95 Å². The minimum atomic E-state index is -0.470. The highest BCUT2D eigenvalue weighted by molar-refractivity contribution is 7.17. The summed E-state index contributed by atoms with van der Waals surface area (Å²) in [7, 11) is 0. The van der Waals surface area contributed by atoms with E-state index in [1.807, 2.05) is 24.4 Å². The molecular formula is C18H18ClN5O2S. The molecule has 0 aliphatic carbocycles. The lowest BCUT2D eigenvalue weighted by Gasteiger charge is -2.17. The smallest absolute Gasteiger partial charge is 0.274 e. The van der Waals surface area contributed by atoms with Gasteiger partial charge in [0, 0.05) is 25.5 Å². The molecule has 1 aliphatic rings. The molecule has 3 aromatic rings. The molecule has 140 valence electrons. The van der Waals surface area contributed by atoms with Crippen LogP contribution in [0.25, 0.3) is 10.2 Å². The second-order valence-electron chi connectivity index (χ2n) is 6.53. The third-order valence-electron chi connectivity index (χ3n) is 4.53. The summed E-state index contributed by atoms with van der Waals surface area (Å²) in [6.45, 7) is 2.82. The lowest BCUT2D eigenvalue weighted by atomic mass is 10.1. The third-order valence-corrected chi connectivity index (χ3v) is 5.65. The second kappa shape index (κ2) is 7.38. The van der Waals surface area contributed by atoms with Crippen molar-refractivity contribution in [2.24, 2.45) is 0 Å².